The molecule has 0 atom stereocenters. The van der Waals surface area contributed by atoms with Crippen molar-refractivity contribution >= 4 is 28.9 Å². The van der Waals surface area contributed by atoms with Crippen LogP contribution in [0, 0.1) is 10.1 Å². The van der Waals surface area contributed by atoms with Gasteiger partial charge >= 0.3 is 0 Å². The highest BCUT2D eigenvalue weighted by Crippen LogP contribution is 2.22. The van der Waals surface area contributed by atoms with Crippen molar-refractivity contribution in [1.29, 1.82) is 0 Å². The number of carbonyl (C=O) groups excluding carboxylic acids is 1. The van der Waals surface area contributed by atoms with E-state index < -0.39 is 16.5 Å². The average molecular weight is 307 g/mol. The Morgan fingerprint density at radius 2 is 2.19 bits per heavy atom. The van der Waals surface area contributed by atoms with E-state index in [-0.39, 0.29) is 10.7 Å². The maximum absolute atomic E-state index is 12.2. The largest absolute Gasteiger partial charge is 0.326 e. The lowest BCUT2D eigenvalue weighted by molar-refractivity contribution is -0.385. The number of nitrogens with zero attached hydrogens (tertiary/aromatic N) is 2. The molecule has 0 radical (unpaired) electrons. The standard InChI is InChI=1S/C13H11ClN4O3/c14-12-5-10(11(7-16-12)18(20)21)13(19)17-9-3-1-2-8(4-9)6-15/h1-5,7H,6,15H2,(H,17,19). The maximum atomic E-state index is 12.2. The number of anilines is 1. The van der Waals surface area contributed by atoms with Crippen molar-refractivity contribution < 1.29 is 9.72 Å². The minimum atomic E-state index is -0.686. The van der Waals surface area contributed by atoms with Gasteiger partial charge in [-0.2, -0.15) is 0 Å². The molecular weight excluding hydrogens is 296 g/mol. The summed E-state index contributed by atoms with van der Waals surface area (Å²) in [5.74, 6) is -0.639. The van der Waals surface area contributed by atoms with Gasteiger partial charge in [-0.3, -0.25) is 14.9 Å². The zero-order valence-electron chi connectivity index (χ0n) is 10.7. The quantitative estimate of drug-likeness (QED) is 0.511. The molecule has 3 N–H and O–H groups in total. The zero-order chi connectivity index (χ0) is 15.4. The molecule has 1 heterocycles. The molecule has 0 aliphatic rings. The summed E-state index contributed by atoms with van der Waals surface area (Å²) in [6.07, 6.45) is 0.952. The van der Waals surface area contributed by atoms with Crippen molar-refractivity contribution in [3.05, 3.63) is 62.9 Å². The van der Waals surface area contributed by atoms with Crippen molar-refractivity contribution in [2.24, 2.45) is 5.73 Å². The number of amides is 1. The van der Waals surface area contributed by atoms with Crippen molar-refractivity contribution in [3.63, 3.8) is 0 Å². The van der Waals surface area contributed by atoms with Crippen molar-refractivity contribution in [1.82, 2.24) is 4.98 Å². The van der Waals surface area contributed by atoms with Crippen LogP contribution in [0.5, 0.6) is 0 Å². The van der Waals surface area contributed by atoms with Gasteiger partial charge in [0.2, 0.25) is 0 Å². The molecular formula is C13H11ClN4O3. The number of nitrogens with two attached hydrogens (primary N) is 1. The number of nitro groups is 1. The molecule has 2 aromatic rings. The summed E-state index contributed by atoms with van der Waals surface area (Å²) in [4.78, 5) is 26.0. The first-order valence-corrected chi connectivity index (χ1v) is 6.29. The Morgan fingerprint density at radius 1 is 1.43 bits per heavy atom. The minimum Gasteiger partial charge on any atom is -0.326 e. The summed E-state index contributed by atoms with van der Waals surface area (Å²) in [5.41, 5.74) is 6.27. The van der Waals surface area contributed by atoms with E-state index in [0.717, 1.165) is 17.8 Å². The first-order chi connectivity index (χ1) is 10.0. The Kier molecular flexibility index (Phi) is 4.46. The Hall–Kier alpha value is -2.51. The fourth-order valence-corrected chi connectivity index (χ4v) is 1.88. The van der Waals surface area contributed by atoms with Gasteiger partial charge in [-0.1, -0.05) is 23.7 Å². The van der Waals surface area contributed by atoms with Crippen molar-refractivity contribution in [3.8, 4) is 0 Å². The number of pyridine rings is 1. The van der Waals surface area contributed by atoms with E-state index in [1.165, 1.54) is 0 Å². The summed E-state index contributed by atoms with van der Waals surface area (Å²) in [6.45, 7) is 0.324. The van der Waals surface area contributed by atoms with E-state index >= 15 is 0 Å². The second-order valence-corrected chi connectivity index (χ2v) is 4.53. The normalized spacial score (nSPS) is 10.2. The lowest BCUT2D eigenvalue weighted by Crippen LogP contribution is -2.14. The molecule has 0 fully saturated rings. The second-order valence-electron chi connectivity index (χ2n) is 4.14. The van der Waals surface area contributed by atoms with Crippen LogP contribution in [0.15, 0.2) is 36.5 Å². The Bertz CT molecular complexity index is 706. The monoisotopic (exact) mass is 306 g/mol. The van der Waals surface area contributed by atoms with Crippen LogP contribution in [-0.4, -0.2) is 15.8 Å². The third kappa shape index (κ3) is 3.53. The molecule has 0 spiro atoms. The molecule has 0 unspecified atom stereocenters. The smallest absolute Gasteiger partial charge is 0.300 e. The number of hydrogen-bond donors (Lipinski definition) is 2. The summed E-state index contributed by atoms with van der Waals surface area (Å²) >= 11 is 5.69. The van der Waals surface area contributed by atoms with E-state index in [4.69, 9.17) is 17.3 Å². The molecule has 8 heteroatoms. The summed E-state index contributed by atoms with van der Waals surface area (Å²) < 4.78 is 0. The van der Waals surface area contributed by atoms with Crippen LogP contribution in [0.3, 0.4) is 0 Å². The highest BCUT2D eigenvalue weighted by molar-refractivity contribution is 6.30. The number of benzene rings is 1. The predicted octanol–water partition coefficient (Wildman–Crippen LogP) is 2.35. The van der Waals surface area contributed by atoms with Gasteiger partial charge in [-0.15, -0.1) is 0 Å². The first-order valence-electron chi connectivity index (χ1n) is 5.91. The van der Waals surface area contributed by atoms with Gasteiger partial charge in [-0.25, -0.2) is 4.98 Å². The number of rotatable bonds is 4. The van der Waals surface area contributed by atoms with Crippen LogP contribution in [0.4, 0.5) is 11.4 Å². The molecule has 0 saturated carbocycles. The average Bonchev–Trinajstić information content (AvgIpc) is 2.47. The number of carbonyl (C=O) groups is 1. The number of aromatic nitrogens is 1. The minimum absolute atomic E-state index is 0.00135. The lowest BCUT2D eigenvalue weighted by atomic mass is 10.1. The molecule has 0 aliphatic carbocycles. The van der Waals surface area contributed by atoms with E-state index in [0.29, 0.717) is 12.2 Å². The summed E-state index contributed by atoms with van der Waals surface area (Å²) in [7, 11) is 0. The molecule has 1 amide bonds. The Labute approximate surface area is 124 Å². The SMILES string of the molecule is NCc1cccc(NC(=O)c2cc(Cl)ncc2[N+](=O)[O-])c1. The molecule has 0 bridgehead atoms. The Balaban J connectivity index is 2.31. The molecule has 108 valence electrons. The van der Waals surface area contributed by atoms with Gasteiger partial charge < -0.3 is 11.1 Å². The maximum Gasteiger partial charge on any atom is 0.300 e. The van der Waals surface area contributed by atoms with Gasteiger partial charge in [0.25, 0.3) is 11.6 Å². The fraction of sp³-hybridized carbons (Fsp3) is 0.0769. The van der Waals surface area contributed by atoms with E-state index in [9.17, 15) is 14.9 Å². The van der Waals surface area contributed by atoms with Crippen LogP contribution in [0.25, 0.3) is 0 Å². The highest BCUT2D eigenvalue weighted by atomic mass is 35.5. The van der Waals surface area contributed by atoms with E-state index in [1.807, 2.05) is 0 Å². The molecule has 21 heavy (non-hydrogen) atoms. The number of halogens is 1. The molecule has 7 nitrogen and oxygen atoms in total. The second kappa shape index (κ2) is 6.29. The molecule has 1 aromatic heterocycles. The van der Waals surface area contributed by atoms with Gasteiger partial charge in [0.1, 0.15) is 16.9 Å². The first kappa shape index (κ1) is 14.9. The number of nitrogens with one attached hydrogen (secondary N) is 1. The molecule has 0 saturated heterocycles. The molecule has 1 aromatic carbocycles. The molecule has 2 rings (SSSR count). The van der Waals surface area contributed by atoms with Crippen LogP contribution in [0.1, 0.15) is 15.9 Å². The third-order valence-electron chi connectivity index (χ3n) is 2.71. The summed E-state index contributed by atoms with van der Waals surface area (Å²) in [5, 5.41) is 13.5. The van der Waals surface area contributed by atoms with Crippen molar-refractivity contribution in [2.75, 3.05) is 5.32 Å². The lowest BCUT2D eigenvalue weighted by Gasteiger charge is -2.07. The van der Waals surface area contributed by atoms with E-state index in [1.54, 1.807) is 24.3 Å². The number of hydrogen-bond acceptors (Lipinski definition) is 5. The van der Waals surface area contributed by atoms with Gasteiger partial charge in [-0.05, 0) is 23.8 Å². The van der Waals surface area contributed by atoms with Gasteiger partial charge in [0.05, 0.1) is 4.92 Å². The van der Waals surface area contributed by atoms with E-state index in [2.05, 4.69) is 10.3 Å². The van der Waals surface area contributed by atoms with Crippen LogP contribution in [-0.2, 0) is 6.54 Å². The van der Waals surface area contributed by atoms with Gasteiger partial charge in [0, 0.05) is 12.2 Å². The van der Waals surface area contributed by atoms with Crippen LogP contribution >= 0.6 is 11.6 Å². The topological polar surface area (TPSA) is 111 Å². The predicted molar refractivity (Wildman–Crippen MR) is 78.2 cm³/mol. The third-order valence-corrected chi connectivity index (χ3v) is 2.92. The van der Waals surface area contributed by atoms with Crippen molar-refractivity contribution in [2.45, 2.75) is 6.54 Å². The zero-order valence-corrected chi connectivity index (χ0v) is 11.5. The molecule has 0 aliphatic heterocycles. The Morgan fingerprint density at radius 3 is 2.86 bits per heavy atom. The highest BCUT2D eigenvalue weighted by Gasteiger charge is 2.21. The fourth-order valence-electron chi connectivity index (χ4n) is 1.72. The van der Waals surface area contributed by atoms with Gasteiger partial charge in [0.15, 0.2) is 0 Å². The van der Waals surface area contributed by atoms with Crippen LogP contribution in [0.2, 0.25) is 5.15 Å². The summed E-state index contributed by atoms with van der Waals surface area (Å²) in [6, 6.07) is 8.03. The van der Waals surface area contributed by atoms with Crippen LogP contribution < -0.4 is 11.1 Å².